The molecule has 4 rings (SSSR count). The molecule has 8 nitrogen and oxygen atoms in total. The molecular weight excluding hydrogens is 482 g/mol. The Labute approximate surface area is 222 Å². The van der Waals surface area contributed by atoms with Crippen LogP contribution in [0, 0.1) is 10.1 Å². The second-order valence-corrected chi connectivity index (χ2v) is 9.49. The molecule has 0 saturated carbocycles. The molecule has 1 heterocycles. The minimum Gasteiger partial charge on any atom is -0.507 e. The van der Waals surface area contributed by atoms with Gasteiger partial charge in [0.15, 0.2) is 0 Å². The van der Waals surface area contributed by atoms with Crippen LogP contribution < -0.4 is 9.80 Å². The number of nitrogens with zero attached hydrogens (tertiary/aromatic N) is 3. The molecule has 196 valence electrons. The fraction of sp³-hybridized carbons (Fsp3) is 0.267. The average molecular weight is 514 g/mol. The summed E-state index contributed by atoms with van der Waals surface area (Å²) in [6.07, 6.45) is 0. The van der Waals surface area contributed by atoms with Crippen molar-refractivity contribution in [1.29, 1.82) is 0 Å². The van der Waals surface area contributed by atoms with Crippen LogP contribution in [0.5, 0.6) is 0 Å². The lowest BCUT2D eigenvalue weighted by Gasteiger charge is -2.27. The predicted octanol–water partition coefficient (Wildman–Crippen LogP) is 6.19. The zero-order valence-electron chi connectivity index (χ0n) is 21.9. The van der Waals surface area contributed by atoms with E-state index < -0.39 is 28.4 Å². The molecule has 0 aromatic heterocycles. The largest absolute Gasteiger partial charge is 0.507 e. The van der Waals surface area contributed by atoms with Crippen molar-refractivity contribution in [3.8, 4) is 0 Å². The zero-order chi connectivity index (χ0) is 27.6. The van der Waals surface area contributed by atoms with Gasteiger partial charge < -0.3 is 10.0 Å². The summed E-state index contributed by atoms with van der Waals surface area (Å²) in [5, 5.41) is 22.6. The molecule has 0 spiro atoms. The molecule has 1 N–H and O–H groups in total. The Balaban J connectivity index is 1.90. The molecule has 1 unspecified atom stereocenters. The van der Waals surface area contributed by atoms with Crippen molar-refractivity contribution in [3.05, 3.63) is 105 Å². The minimum absolute atomic E-state index is 0.0946. The van der Waals surface area contributed by atoms with E-state index in [-0.39, 0.29) is 22.7 Å². The van der Waals surface area contributed by atoms with E-state index in [1.807, 2.05) is 36.4 Å². The van der Waals surface area contributed by atoms with E-state index in [2.05, 4.69) is 32.6 Å². The van der Waals surface area contributed by atoms with Crippen molar-refractivity contribution in [1.82, 2.24) is 0 Å². The Bertz CT molecular complexity index is 1390. The predicted molar refractivity (Wildman–Crippen MR) is 148 cm³/mol. The molecule has 0 radical (unpaired) electrons. The molecule has 1 atom stereocenters. The number of Topliss-reactive ketones (excluding diaryl/α,β-unsaturated/α-hetero) is 1. The third-order valence-electron chi connectivity index (χ3n) is 6.95. The number of anilines is 2. The van der Waals surface area contributed by atoms with E-state index >= 15 is 0 Å². The second-order valence-electron chi connectivity index (χ2n) is 9.49. The van der Waals surface area contributed by atoms with E-state index in [9.17, 15) is 24.8 Å². The van der Waals surface area contributed by atoms with Gasteiger partial charge in [0.2, 0.25) is 0 Å². The molecule has 1 fully saturated rings. The third kappa shape index (κ3) is 4.89. The number of hydrogen-bond acceptors (Lipinski definition) is 6. The van der Waals surface area contributed by atoms with Gasteiger partial charge in [-0.3, -0.25) is 24.6 Å². The number of rotatable bonds is 8. The first kappa shape index (κ1) is 26.6. The number of ketones is 1. The molecule has 3 aromatic carbocycles. The first-order valence-corrected chi connectivity index (χ1v) is 12.7. The molecule has 0 bridgehead atoms. The molecule has 1 saturated heterocycles. The smallest absolute Gasteiger partial charge is 0.300 e. The summed E-state index contributed by atoms with van der Waals surface area (Å²) in [4.78, 5) is 41.1. The van der Waals surface area contributed by atoms with Crippen LogP contribution >= 0.6 is 0 Å². The molecule has 0 aliphatic carbocycles. The van der Waals surface area contributed by atoms with E-state index in [0.717, 1.165) is 24.3 Å². The molecule has 8 heteroatoms. The van der Waals surface area contributed by atoms with Gasteiger partial charge in [0.05, 0.1) is 16.5 Å². The van der Waals surface area contributed by atoms with Crippen molar-refractivity contribution in [2.75, 3.05) is 22.9 Å². The summed E-state index contributed by atoms with van der Waals surface area (Å²) in [6.45, 7) is 9.90. The highest BCUT2D eigenvalue weighted by Gasteiger charge is 2.47. The van der Waals surface area contributed by atoms with Crippen LogP contribution in [0.3, 0.4) is 0 Å². The molecule has 1 amide bonds. The number of aliphatic hydroxyl groups is 1. The lowest BCUT2D eigenvalue weighted by molar-refractivity contribution is -0.384. The van der Waals surface area contributed by atoms with Crippen LogP contribution in [0.2, 0.25) is 0 Å². The van der Waals surface area contributed by atoms with Crippen LogP contribution in [0.1, 0.15) is 56.3 Å². The van der Waals surface area contributed by atoms with Crippen LogP contribution in [0.25, 0.3) is 5.76 Å². The quantitative estimate of drug-likeness (QED) is 0.127. The maximum Gasteiger partial charge on any atom is 0.300 e. The topological polar surface area (TPSA) is 104 Å². The number of benzene rings is 3. The molecule has 1 aliphatic heterocycles. The molecular formula is C30H31N3O5. The van der Waals surface area contributed by atoms with Crippen molar-refractivity contribution in [3.63, 3.8) is 0 Å². The van der Waals surface area contributed by atoms with Gasteiger partial charge in [0.25, 0.3) is 17.4 Å². The van der Waals surface area contributed by atoms with Crippen LogP contribution in [-0.4, -0.2) is 34.8 Å². The highest BCUT2D eigenvalue weighted by atomic mass is 16.6. The molecule has 1 aliphatic rings. The van der Waals surface area contributed by atoms with Gasteiger partial charge in [-0.15, -0.1) is 0 Å². The zero-order valence-corrected chi connectivity index (χ0v) is 21.9. The fourth-order valence-corrected chi connectivity index (χ4v) is 4.81. The number of amides is 1. The average Bonchev–Trinajstić information content (AvgIpc) is 3.19. The Morgan fingerprint density at radius 3 is 2.18 bits per heavy atom. The van der Waals surface area contributed by atoms with Gasteiger partial charge in [-0.05, 0) is 55.2 Å². The van der Waals surface area contributed by atoms with Crippen LogP contribution in [-0.2, 0) is 9.59 Å². The molecule has 3 aromatic rings. The van der Waals surface area contributed by atoms with E-state index in [1.54, 1.807) is 12.1 Å². The van der Waals surface area contributed by atoms with Crippen LogP contribution in [0.4, 0.5) is 17.1 Å². The summed E-state index contributed by atoms with van der Waals surface area (Å²) in [5.74, 6) is -1.78. The van der Waals surface area contributed by atoms with Gasteiger partial charge in [-0.2, -0.15) is 0 Å². The highest BCUT2D eigenvalue weighted by Crippen LogP contribution is 2.43. The van der Waals surface area contributed by atoms with E-state index in [4.69, 9.17) is 0 Å². The summed E-state index contributed by atoms with van der Waals surface area (Å²) >= 11 is 0. The monoisotopic (exact) mass is 513 g/mol. The summed E-state index contributed by atoms with van der Waals surface area (Å²) in [5.41, 5.74) is 2.99. The van der Waals surface area contributed by atoms with Crippen molar-refractivity contribution in [2.24, 2.45) is 0 Å². The Morgan fingerprint density at radius 1 is 1.00 bits per heavy atom. The SMILES string of the molecule is CCN(CC)c1ccc(C2/C(=C(/O)c3cccc([N+](=O)[O-])c3)C(=O)C(=O)N2c2ccc(C(C)C)cc2)cc1. The van der Waals surface area contributed by atoms with Crippen molar-refractivity contribution < 1.29 is 19.6 Å². The Kier molecular flexibility index (Phi) is 7.62. The number of hydrogen-bond donors (Lipinski definition) is 1. The van der Waals surface area contributed by atoms with E-state index in [0.29, 0.717) is 11.3 Å². The summed E-state index contributed by atoms with van der Waals surface area (Å²) in [7, 11) is 0. The lowest BCUT2D eigenvalue weighted by Crippen LogP contribution is -2.29. The standard InChI is InChI=1S/C30H31N3O5/c1-5-31(6-2)23-14-12-21(13-15-23)27-26(28(34)22-8-7-9-25(18-22)33(37)38)29(35)30(36)32(27)24-16-10-20(11-17-24)19(3)4/h7-19,27,34H,5-6H2,1-4H3/b28-26-. The Morgan fingerprint density at radius 2 is 1.63 bits per heavy atom. The summed E-state index contributed by atoms with van der Waals surface area (Å²) < 4.78 is 0. The maximum absolute atomic E-state index is 13.4. The highest BCUT2D eigenvalue weighted by molar-refractivity contribution is 6.51. The van der Waals surface area contributed by atoms with Crippen LogP contribution in [0.15, 0.2) is 78.4 Å². The van der Waals surface area contributed by atoms with Gasteiger partial charge in [-0.1, -0.05) is 50.2 Å². The maximum atomic E-state index is 13.4. The van der Waals surface area contributed by atoms with Crippen molar-refractivity contribution >= 4 is 34.5 Å². The van der Waals surface area contributed by atoms with E-state index in [1.165, 1.54) is 29.2 Å². The number of carbonyl (C=O) groups excluding carboxylic acids is 2. The third-order valence-corrected chi connectivity index (χ3v) is 6.95. The van der Waals surface area contributed by atoms with Gasteiger partial charge in [0, 0.05) is 42.2 Å². The number of non-ortho nitro benzene ring substituents is 1. The number of carbonyl (C=O) groups is 2. The Hall–Kier alpha value is -4.46. The molecule has 38 heavy (non-hydrogen) atoms. The number of nitro benzene ring substituents is 1. The lowest BCUT2D eigenvalue weighted by atomic mass is 9.94. The van der Waals surface area contributed by atoms with Gasteiger partial charge >= 0.3 is 0 Å². The normalized spacial score (nSPS) is 16.8. The first-order chi connectivity index (χ1) is 18.2. The number of aliphatic hydroxyl groups excluding tert-OH is 1. The number of nitro groups is 1. The minimum atomic E-state index is -0.912. The van der Waals surface area contributed by atoms with Gasteiger partial charge in [0.1, 0.15) is 5.76 Å². The van der Waals surface area contributed by atoms with Crippen molar-refractivity contribution in [2.45, 2.75) is 39.7 Å². The fourth-order valence-electron chi connectivity index (χ4n) is 4.81. The first-order valence-electron chi connectivity index (χ1n) is 12.7. The second kappa shape index (κ2) is 10.9. The summed E-state index contributed by atoms with van der Waals surface area (Å²) in [6, 6.07) is 19.5. The van der Waals surface area contributed by atoms with Gasteiger partial charge in [-0.25, -0.2) is 0 Å².